The highest BCUT2D eigenvalue weighted by Crippen LogP contribution is 2.20. The van der Waals surface area contributed by atoms with Crippen molar-refractivity contribution in [1.29, 1.82) is 0 Å². The lowest BCUT2D eigenvalue weighted by Crippen LogP contribution is -2.26. The van der Waals surface area contributed by atoms with Gasteiger partial charge in [-0.2, -0.15) is 5.10 Å². The van der Waals surface area contributed by atoms with Crippen molar-refractivity contribution in [3.8, 4) is 0 Å². The van der Waals surface area contributed by atoms with Gasteiger partial charge in [-0.15, -0.1) is 0 Å². The summed E-state index contributed by atoms with van der Waals surface area (Å²) in [6.45, 7) is 2.86. The van der Waals surface area contributed by atoms with Crippen molar-refractivity contribution in [2.45, 2.75) is 58.0 Å². The summed E-state index contributed by atoms with van der Waals surface area (Å²) in [5.74, 6) is -0.0946. The third-order valence-electron chi connectivity index (χ3n) is 3.25. The SMILES string of the molecule is CCCn1nccc1C([O-])=NC1CCCCC1. The number of aryl methyl sites for hydroxylation is 1. The summed E-state index contributed by atoms with van der Waals surface area (Å²) in [6.07, 6.45) is 8.48. The van der Waals surface area contributed by atoms with E-state index in [0.29, 0.717) is 5.69 Å². The Hall–Kier alpha value is -1.32. The van der Waals surface area contributed by atoms with E-state index in [1.165, 1.54) is 19.3 Å². The lowest BCUT2D eigenvalue weighted by atomic mass is 9.96. The highest BCUT2D eigenvalue weighted by molar-refractivity contribution is 5.88. The maximum absolute atomic E-state index is 12.0. The number of nitrogens with zero attached hydrogens (tertiary/aromatic N) is 3. The van der Waals surface area contributed by atoms with Crippen LogP contribution in [0.3, 0.4) is 0 Å². The Kier molecular flexibility index (Phi) is 4.18. The molecule has 0 amide bonds. The van der Waals surface area contributed by atoms with Crippen molar-refractivity contribution < 1.29 is 5.11 Å². The molecule has 1 aromatic rings. The summed E-state index contributed by atoms with van der Waals surface area (Å²) in [5, 5.41) is 16.2. The third-order valence-corrected chi connectivity index (χ3v) is 3.25. The molecule has 17 heavy (non-hydrogen) atoms. The topological polar surface area (TPSA) is 53.2 Å². The average molecular weight is 234 g/mol. The molecule has 0 aliphatic heterocycles. The van der Waals surface area contributed by atoms with Gasteiger partial charge in [-0.1, -0.05) is 26.2 Å². The van der Waals surface area contributed by atoms with Gasteiger partial charge in [-0.25, -0.2) is 0 Å². The third kappa shape index (κ3) is 3.08. The van der Waals surface area contributed by atoms with Crippen molar-refractivity contribution in [2.24, 2.45) is 4.99 Å². The lowest BCUT2D eigenvalue weighted by Gasteiger charge is -2.21. The molecule has 2 rings (SSSR count). The van der Waals surface area contributed by atoms with Gasteiger partial charge in [-0.05, 0) is 25.3 Å². The van der Waals surface area contributed by atoms with E-state index in [1.807, 2.05) is 0 Å². The molecule has 4 nitrogen and oxygen atoms in total. The minimum atomic E-state index is -0.0946. The van der Waals surface area contributed by atoms with Gasteiger partial charge in [0.2, 0.25) is 0 Å². The summed E-state index contributed by atoms with van der Waals surface area (Å²) >= 11 is 0. The quantitative estimate of drug-likeness (QED) is 0.588. The number of rotatable bonds is 4. The number of hydrogen-bond acceptors (Lipinski definition) is 3. The molecule has 1 heterocycles. The fraction of sp³-hybridized carbons (Fsp3) is 0.692. The van der Waals surface area contributed by atoms with Crippen LogP contribution in [0.15, 0.2) is 17.3 Å². The fourth-order valence-electron chi connectivity index (χ4n) is 2.35. The molecular formula is C13H20N3O-. The monoisotopic (exact) mass is 234 g/mol. The first-order valence-corrected chi connectivity index (χ1v) is 6.58. The van der Waals surface area contributed by atoms with Crippen LogP contribution in [-0.4, -0.2) is 21.7 Å². The molecular weight excluding hydrogens is 214 g/mol. The molecule has 4 heteroatoms. The average Bonchev–Trinajstić information content (AvgIpc) is 2.79. The van der Waals surface area contributed by atoms with E-state index in [9.17, 15) is 5.11 Å². The van der Waals surface area contributed by atoms with Crippen LogP contribution in [0.25, 0.3) is 0 Å². The zero-order valence-corrected chi connectivity index (χ0v) is 10.4. The van der Waals surface area contributed by atoms with E-state index in [1.54, 1.807) is 16.9 Å². The van der Waals surface area contributed by atoms with Crippen LogP contribution in [0, 0.1) is 0 Å². The Morgan fingerprint density at radius 1 is 1.47 bits per heavy atom. The maximum atomic E-state index is 12.0. The molecule has 0 N–H and O–H groups in total. The van der Waals surface area contributed by atoms with E-state index in [0.717, 1.165) is 25.8 Å². The molecule has 1 aromatic heterocycles. The minimum Gasteiger partial charge on any atom is -0.857 e. The second-order valence-corrected chi connectivity index (χ2v) is 4.67. The Labute approximate surface area is 102 Å². The second kappa shape index (κ2) is 5.84. The summed E-state index contributed by atoms with van der Waals surface area (Å²) in [5.41, 5.74) is 0.637. The van der Waals surface area contributed by atoms with Gasteiger partial charge in [0.15, 0.2) is 0 Å². The number of aliphatic imine (C=N–C) groups is 1. The molecule has 0 aromatic carbocycles. The van der Waals surface area contributed by atoms with Gasteiger partial charge in [0.1, 0.15) is 0 Å². The van der Waals surface area contributed by atoms with Crippen LogP contribution >= 0.6 is 0 Å². The smallest absolute Gasteiger partial charge is 0.0713 e. The highest BCUT2D eigenvalue weighted by Gasteiger charge is 2.12. The summed E-state index contributed by atoms with van der Waals surface area (Å²) in [6, 6.07) is 2.01. The van der Waals surface area contributed by atoms with Crippen LogP contribution < -0.4 is 5.11 Å². The van der Waals surface area contributed by atoms with Gasteiger partial charge < -0.3 is 5.11 Å². The minimum absolute atomic E-state index is 0.0946. The van der Waals surface area contributed by atoms with Crippen LogP contribution in [0.5, 0.6) is 0 Å². The second-order valence-electron chi connectivity index (χ2n) is 4.67. The van der Waals surface area contributed by atoms with Crippen LogP contribution in [-0.2, 0) is 6.54 Å². The molecule has 0 radical (unpaired) electrons. The molecule has 0 atom stereocenters. The number of aromatic nitrogens is 2. The van der Waals surface area contributed by atoms with Gasteiger partial charge in [0.05, 0.1) is 5.69 Å². The van der Waals surface area contributed by atoms with E-state index in [-0.39, 0.29) is 11.9 Å². The molecule has 1 aliphatic rings. The van der Waals surface area contributed by atoms with Crippen LogP contribution in [0.4, 0.5) is 0 Å². The summed E-state index contributed by atoms with van der Waals surface area (Å²) in [4.78, 5) is 4.32. The first kappa shape index (κ1) is 12.1. The predicted molar refractivity (Wildman–Crippen MR) is 65.9 cm³/mol. The Morgan fingerprint density at radius 2 is 2.24 bits per heavy atom. The van der Waals surface area contributed by atoms with Crippen LogP contribution in [0.2, 0.25) is 0 Å². The van der Waals surface area contributed by atoms with E-state index < -0.39 is 0 Å². The van der Waals surface area contributed by atoms with E-state index in [4.69, 9.17) is 0 Å². The van der Waals surface area contributed by atoms with E-state index >= 15 is 0 Å². The van der Waals surface area contributed by atoms with Gasteiger partial charge >= 0.3 is 0 Å². The number of hydrogen-bond donors (Lipinski definition) is 0. The molecule has 1 fully saturated rings. The highest BCUT2D eigenvalue weighted by atomic mass is 16.3. The Bertz CT molecular complexity index is 378. The van der Waals surface area contributed by atoms with Crippen molar-refractivity contribution in [3.63, 3.8) is 0 Å². The Balaban J connectivity index is 2.08. The first-order chi connectivity index (χ1) is 8.31. The zero-order valence-electron chi connectivity index (χ0n) is 10.4. The molecule has 0 spiro atoms. The van der Waals surface area contributed by atoms with Gasteiger partial charge in [-0.3, -0.25) is 9.67 Å². The molecule has 94 valence electrons. The maximum Gasteiger partial charge on any atom is 0.0713 e. The summed E-state index contributed by atoms with van der Waals surface area (Å²) < 4.78 is 1.76. The first-order valence-electron chi connectivity index (χ1n) is 6.58. The molecule has 0 unspecified atom stereocenters. The Morgan fingerprint density at radius 3 is 2.94 bits per heavy atom. The van der Waals surface area contributed by atoms with Gasteiger partial charge in [0.25, 0.3) is 0 Å². The van der Waals surface area contributed by atoms with Crippen molar-refractivity contribution in [3.05, 3.63) is 18.0 Å². The van der Waals surface area contributed by atoms with E-state index in [2.05, 4.69) is 17.0 Å². The summed E-state index contributed by atoms with van der Waals surface area (Å²) in [7, 11) is 0. The van der Waals surface area contributed by atoms with Crippen molar-refractivity contribution in [2.75, 3.05) is 0 Å². The largest absolute Gasteiger partial charge is 0.857 e. The fourth-order valence-corrected chi connectivity index (χ4v) is 2.35. The zero-order chi connectivity index (χ0) is 12.1. The van der Waals surface area contributed by atoms with Gasteiger partial charge in [0, 0.05) is 24.7 Å². The normalized spacial score (nSPS) is 18.5. The molecule has 1 saturated carbocycles. The molecule has 0 saturated heterocycles. The van der Waals surface area contributed by atoms with Crippen molar-refractivity contribution in [1.82, 2.24) is 9.78 Å². The lowest BCUT2D eigenvalue weighted by molar-refractivity contribution is -0.214. The molecule has 0 bridgehead atoms. The van der Waals surface area contributed by atoms with Crippen molar-refractivity contribution >= 4 is 5.90 Å². The standard InChI is InChI=1S/C13H21N3O/c1-2-10-16-12(8-9-14-16)13(17)15-11-6-4-3-5-7-11/h8-9,11H,2-7,10H2,1H3,(H,15,17)/p-1. The van der Waals surface area contributed by atoms with Crippen LogP contribution in [0.1, 0.15) is 51.1 Å². The predicted octanol–water partition coefficient (Wildman–Crippen LogP) is 1.73. The molecule has 1 aliphatic carbocycles.